The van der Waals surface area contributed by atoms with Gasteiger partial charge in [0.25, 0.3) is 0 Å². The first-order valence-corrected chi connectivity index (χ1v) is 9.10. The van der Waals surface area contributed by atoms with E-state index >= 15 is 0 Å². The number of hydrogen-bond acceptors (Lipinski definition) is 5. The molecule has 2 bridgehead atoms. The Kier molecular flexibility index (Phi) is 3.82. The molecule has 0 spiro atoms. The number of anilines is 1. The zero-order valence-electron chi connectivity index (χ0n) is 15.8. The van der Waals surface area contributed by atoms with Crippen LogP contribution in [0.2, 0.25) is 0 Å². The summed E-state index contributed by atoms with van der Waals surface area (Å²) in [6.07, 6.45) is 2.24. The molecule has 4 heterocycles. The molecular weight excluding hydrogens is 351 g/mol. The lowest BCUT2D eigenvalue weighted by Crippen LogP contribution is -2.50. The standard InChI is InChI=1S/C19H23FN4O3/c1-9-14-5-10(21-9)7-23(14)17-13(20)6-11-15(25)12(18(26)27)8-24(16(11)22-17)19(2,3)4/h6,8-10,14,21H,5,7H2,1-4H3,(H,26,27). The van der Waals surface area contributed by atoms with Crippen molar-refractivity contribution < 1.29 is 14.3 Å². The number of hydrogen-bond donors (Lipinski definition) is 2. The molecular formula is C19H23FN4O3. The van der Waals surface area contributed by atoms with Crippen molar-refractivity contribution in [1.82, 2.24) is 14.9 Å². The van der Waals surface area contributed by atoms with Gasteiger partial charge in [-0.2, -0.15) is 0 Å². The summed E-state index contributed by atoms with van der Waals surface area (Å²) in [5.74, 6) is -1.70. The van der Waals surface area contributed by atoms with Crippen molar-refractivity contribution in [2.75, 3.05) is 11.4 Å². The number of aromatic carboxylic acids is 1. The van der Waals surface area contributed by atoms with Gasteiger partial charge >= 0.3 is 5.97 Å². The summed E-state index contributed by atoms with van der Waals surface area (Å²) in [5.41, 5.74) is -1.33. The summed E-state index contributed by atoms with van der Waals surface area (Å²) in [6, 6.07) is 1.84. The third-order valence-corrected chi connectivity index (χ3v) is 5.56. The second kappa shape index (κ2) is 5.76. The second-order valence-electron chi connectivity index (χ2n) is 8.49. The first kappa shape index (κ1) is 17.9. The number of aromatic nitrogens is 2. The summed E-state index contributed by atoms with van der Waals surface area (Å²) in [5, 5.41) is 12.8. The van der Waals surface area contributed by atoms with Gasteiger partial charge in [-0.3, -0.25) is 4.79 Å². The molecule has 0 aromatic carbocycles. The lowest BCUT2D eigenvalue weighted by molar-refractivity contribution is 0.0694. The first-order chi connectivity index (χ1) is 12.6. The minimum absolute atomic E-state index is 0.0124. The molecule has 0 radical (unpaired) electrons. The summed E-state index contributed by atoms with van der Waals surface area (Å²) >= 11 is 0. The fourth-order valence-corrected chi connectivity index (χ4v) is 4.27. The van der Waals surface area contributed by atoms with Gasteiger partial charge in [-0.1, -0.05) is 0 Å². The molecule has 8 heteroatoms. The molecule has 4 rings (SSSR count). The molecule has 2 N–H and O–H groups in total. The Balaban J connectivity index is 1.97. The van der Waals surface area contributed by atoms with Crippen molar-refractivity contribution in [2.24, 2.45) is 0 Å². The van der Waals surface area contributed by atoms with Crippen LogP contribution in [-0.2, 0) is 5.54 Å². The molecule has 144 valence electrons. The first-order valence-electron chi connectivity index (χ1n) is 9.10. The molecule has 0 amide bonds. The highest BCUT2D eigenvalue weighted by molar-refractivity contribution is 5.92. The molecule has 2 saturated heterocycles. The van der Waals surface area contributed by atoms with E-state index in [1.54, 1.807) is 4.57 Å². The summed E-state index contributed by atoms with van der Waals surface area (Å²) in [6.45, 7) is 8.39. The number of nitrogens with one attached hydrogen (secondary N) is 1. The molecule has 7 nitrogen and oxygen atoms in total. The summed E-state index contributed by atoms with van der Waals surface area (Å²) in [7, 11) is 0. The maximum atomic E-state index is 14.9. The minimum Gasteiger partial charge on any atom is -0.477 e. The van der Waals surface area contributed by atoms with Gasteiger partial charge < -0.3 is 19.9 Å². The number of carboxylic acids is 1. The van der Waals surface area contributed by atoms with Crippen molar-refractivity contribution >= 4 is 22.8 Å². The van der Waals surface area contributed by atoms with E-state index in [9.17, 15) is 19.1 Å². The molecule has 0 aliphatic carbocycles. The van der Waals surface area contributed by atoms with Crippen molar-refractivity contribution in [3.05, 3.63) is 33.9 Å². The monoisotopic (exact) mass is 374 g/mol. The molecule has 2 aromatic heterocycles. The number of halogens is 1. The third-order valence-electron chi connectivity index (χ3n) is 5.56. The summed E-state index contributed by atoms with van der Waals surface area (Å²) in [4.78, 5) is 30.6. The van der Waals surface area contributed by atoms with Gasteiger partial charge in [0.1, 0.15) is 11.2 Å². The van der Waals surface area contributed by atoms with Crippen LogP contribution >= 0.6 is 0 Å². The highest BCUT2D eigenvalue weighted by Gasteiger charge is 2.44. The Morgan fingerprint density at radius 3 is 2.67 bits per heavy atom. The van der Waals surface area contributed by atoms with Crippen LogP contribution in [0, 0.1) is 5.82 Å². The Labute approximate surface area is 155 Å². The Morgan fingerprint density at radius 1 is 1.41 bits per heavy atom. The van der Waals surface area contributed by atoms with Crippen LogP contribution < -0.4 is 15.6 Å². The Bertz CT molecular complexity index is 1010. The normalized spacial score (nSPS) is 24.8. The van der Waals surface area contributed by atoms with Crippen LogP contribution in [0.15, 0.2) is 17.1 Å². The number of nitrogens with zero attached hydrogens (tertiary/aromatic N) is 3. The number of rotatable bonds is 2. The van der Waals surface area contributed by atoms with Crippen LogP contribution in [0.4, 0.5) is 10.2 Å². The van der Waals surface area contributed by atoms with Crippen molar-refractivity contribution in [3.63, 3.8) is 0 Å². The molecule has 2 aromatic rings. The van der Waals surface area contributed by atoms with Crippen LogP contribution in [0.1, 0.15) is 44.5 Å². The fourth-order valence-electron chi connectivity index (χ4n) is 4.27. The van der Waals surface area contributed by atoms with Crippen molar-refractivity contribution in [3.8, 4) is 0 Å². The number of piperazine rings is 1. The van der Waals surface area contributed by atoms with Crippen LogP contribution in [0.5, 0.6) is 0 Å². The summed E-state index contributed by atoms with van der Waals surface area (Å²) < 4.78 is 16.6. The Morgan fingerprint density at radius 2 is 2.11 bits per heavy atom. The van der Waals surface area contributed by atoms with Gasteiger partial charge in [-0.15, -0.1) is 0 Å². The highest BCUT2D eigenvalue weighted by Crippen LogP contribution is 2.34. The van der Waals surface area contributed by atoms with Crippen molar-refractivity contribution in [2.45, 2.75) is 57.8 Å². The van der Waals surface area contributed by atoms with E-state index in [1.807, 2.05) is 25.7 Å². The minimum atomic E-state index is -1.33. The van der Waals surface area contributed by atoms with E-state index in [-0.39, 0.29) is 28.9 Å². The van der Waals surface area contributed by atoms with E-state index in [1.165, 1.54) is 6.20 Å². The zero-order chi connectivity index (χ0) is 19.7. The fraction of sp³-hybridized carbons (Fsp3) is 0.526. The van der Waals surface area contributed by atoms with Crippen LogP contribution in [0.25, 0.3) is 11.0 Å². The number of carboxylic acid groups (broad SMARTS) is 1. The number of pyridine rings is 2. The smallest absolute Gasteiger partial charge is 0.341 e. The van der Waals surface area contributed by atoms with Gasteiger partial charge in [-0.25, -0.2) is 14.2 Å². The van der Waals surface area contributed by atoms with E-state index in [0.29, 0.717) is 18.2 Å². The molecule has 3 unspecified atom stereocenters. The largest absolute Gasteiger partial charge is 0.477 e. The molecule has 2 aliphatic heterocycles. The topological polar surface area (TPSA) is 87.5 Å². The highest BCUT2D eigenvalue weighted by atomic mass is 19.1. The number of fused-ring (bicyclic) bond motifs is 3. The lowest BCUT2D eigenvalue weighted by atomic mass is 10.1. The van der Waals surface area contributed by atoms with Gasteiger partial charge in [0.2, 0.25) is 5.43 Å². The van der Waals surface area contributed by atoms with Crippen LogP contribution in [0.3, 0.4) is 0 Å². The molecule has 2 fully saturated rings. The van der Waals surface area contributed by atoms with Gasteiger partial charge in [-0.05, 0) is 40.2 Å². The van der Waals surface area contributed by atoms with E-state index < -0.39 is 22.8 Å². The van der Waals surface area contributed by atoms with Crippen LogP contribution in [-0.4, -0.2) is 45.3 Å². The number of carbonyl (C=O) groups is 1. The molecule has 27 heavy (non-hydrogen) atoms. The van der Waals surface area contributed by atoms with Gasteiger partial charge in [0.05, 0.1) is 5.39 Å². The zero-order valence-corrected chi connectivity index (χ0v) is 15.8. The molecule has 3 atom stereocenters. The van der Waals surface area contributed by atoms with E-state index in [2.05, 4.69) is 17.2 Å². The van der Waals surface area contributed by atoms with E-state index in [4.69, 9.17) is 0 Å². The maximum absolute atomic E-state index is 14.9. The second-order valence-corrected chi connectivity index (χ2v) is 8.49. The Hall–Kier alpha value is -2.48. The SMILES string of the molecule is CC1NC2CC1N(c1nc3c(cc1F)c(=O)c(C(=O)O)cn3C(C)(C)C)C2. The quantitative estimate of drug-likeness (QED) is 0.835. The van der Waals surface area contributed by atoms with Gasteiger partial charge in [0, 0.05) is 36.4 Å². The molecule has 2 aliphatic rings. The predicted octanol–water partition coefficient (Wildman–Crippen LogP) is 1.93. The average molecular weight is 374 g/mol. The third kappa shape index (κ3) is 2.70. The lowest BCUT2D eigenvalue weighted by Gasteiger charge is -2.33. The van der Waals surface area contributed by atoms with Crippen molar-refractivity contribution in [1.29, 1.82) is 0 Å². The maximum Gasteiger partial charge on any atom is 0.341 e. The van der Waals surface area contributed by atoms with E-state index in [0.717, 1.165) is 12.5 Å². The average Bonchev–Trinajstić information content (AvgIpc) is 3.12. The molecule has 0 saturated carbocycles. The predicted molar refractivity (Wildman–Crippen MR) is 100 cm³/mol. The van der Waals surface area contributed by atoms with Gasteiger partial charge in [0.15, 0.2) is 11.6 Å².